The fourth-order valence-electron chi connectivity index (χ4n) is 1.88. The summed E-state index contributed by atoms with van der Waals surface area (Å²) in [6.45, 7) is 1.72. The number of hydrogen-bond acceptors (Lipinski definition) is 5. The van der Waals surface area contributed by atoms with Crippen molar-refractivity contribution < 1.29 is 19.2 Å². The maximum Gasteiger partial charge on any atom is 0.326 e. The van der Waals surface area contributed by atoms with Crippen molar-refractivity contribution in [1.82, 2.24) is 15.5 Å². The van der Waals surface area contributed by atoms with E-state index in [9.17, 15) is 9.59 Å². The first kappa shape index (κ1) is 14.5. The SMILES string of the molecule is CCC(NC(=O)CCCc1nc(C2CC2)no1)C(=O)O. The summed E-state index contributed by atoms with van der Waals surface area (Å²) >= 11 is 0. The molecular weight excluding hydrogens is 262 g/mol. The highest BCUT2D eigenvalue weighted by Gasteiger charge is 2.28. The average Bonchev–Trinajstić information content (AvgIpc) is 3.16. The monoisotopic (exact) mass is 281 g/mol. The lowest BCUT2D eigenvalue weighted by atomic mass is 10.2. The zero-order chi connectivity index (χ0) is 14.5. The topological polar surface area (TPSA) is 105 Å². The quantitative estimate of drug-likeness (QED) is 0.743. The Balaban J connectivity index is 1.68. The maximum absolute atomic E-state index is 11.6. The van der Waals surface area contributed by atoms with Crippen molar-refractivity contribution >= 4 is 11.9 Å². The maximum atomic E-state index is 11.6. The minimum atomic E-state index is -1.01. The number of rotatable bonds is 8. The van der Waals surface area contributed by atoms with E-state index in [1.807, 2.05) is 0 Å². The number of aromatic nitrogens is 2. The van der Waals surface area contributed by atoms with Crippen molar-refractivity contribution in [1.29, 1.82) is 0 Å². The molecule has 2 rings (SSSR count). The summed E-state index contributed by atoms with van der Waals surface area (Å²) in [7, 11) is 0. The van der Waals surface area contributed by atoms with Crippen LogP contribution in [-0.2, 0) is 16.0 Å². The van der Waals surface area contributed by atoms with Crippen molar-refractivity contribution in [2.24, 2.45) is 0 Å². The first-order chi connectivity index (χ1) is 9.60. The smallest absolute Gasteiger partial charge is 0.326 e. The number of hydrogen-bond donors (Lipinski definition) is 2. The summed E-state index contributed by atoms with van der Waals surface area (Å²) in [6, 6.07) is -0.813. The predicted octanol–water partition coefficient (Wildman–Crippen LogP) is 1.25. The van der Waals surface area contributed by atoms with Gasteiger partial charge in [-0.05, 0) is 25.7 Å². The van der Waals surface area contributed by atoms with Gasteiger partial charge in [-0.3, -0.25) is 4.79 Å². The van der Waals surface area contributed by atoms with Gasteiger partial charge in [0.15, 0.2) is 5.82 Å². The molecule has 0 saturated heterocycles. The zero-order valence-electron chi connectivity index (χ0n) is 11.5. The molecule has 7 heteroatoms. The third-order valence-corrected chi connectivity index (χ3v) is 3.26. The molecule has 2 N–H and O–H groups in total. The van der Waals surface area contributed by atoms with Crippen molar-refractivity contribution in [3.05, 3.63) is 11.7 Å². The molecule has 0 aliphatic heterocycles. The second-order valence-electron chi connectivity index (χ2n) is 5.04. The third kappa shape index (κ3) is 4.04. The number of aliphatic carboxylic acids is 1. The lowest BCUT2D eigenvalue weighted by molar-refractivity contribution is -0.141. The van der Waals surface area contributed by atoms with Crippen LogP contribution in [0.4, 0.5) is 0 Å². The van der Waals surface area contributed by atoms with E-state index >= 15 is 0 Å². The molecule has 0 bridgehead atoms. The molecule has 20 heavy (non-hydrogen) atoms. The van der Waals surface area contributed by atoms with Crippen LogP contribution in [0.25, 0.3) is 0 Å². The molecule has 0 aromatic carbocycles. The van der Waals surface area contributed by atoms with Gasteiger partial charge < -0.3 is 14.9 Å². The van der Waals surface area contributed by atoms with Crippen LogP contribution in [0.2, 0.25) is 0 Å². The van der Waals surface area contributed by atoms with Crippen LogP contribution >= 0.6 is 0 Å². The van der Waals surface area contributed by atoms with Crippen LogP contribution in [0.15, 0.2) is 4.52 Å². The number of carboxylic acids is 1. The first-order valence-corrected chi connectivity index (χ1v) is 6.94. The number of aryl methyl sites for hydroxylation is 1. The number of carboxylic acid groups (broad SMARTS) is 1. The molecule has 1 aromatic rings. The lowest BCUT2D eigenvalue weighted by Gasteiger charge is -2.11. The molecule has 1 aliphatic carbocycles. The molecule has 1 atom stereocenters. The fourth-order valence-corrected chi connectivity index (χ4v) is 1.88. The third-order valence-electron chi connectivity index (χ3n) is 3.26. The normalized spacial score (nSPS) is 15.8. The summed E-state index contributed by atoms with van der Waals surface area (Å²) in [5.74, 6) is 0.496. The Bertz CT molecular complexity index is 482. The molecule has 1 aliphatic rings. The fraction of sp³-hybridized carbons (Fsp3) is 0.692. The second kappa shape index (κ2) is 6.49. The van der Waals surface area contributed by atoms with Gasteiger partial charge in [0.2, 0.25) is 11.8 Å². The van der Waals surface area contributed by atoms with Crippen LogP contribution in [-0.4, -0.2) is 33.2 Å². The molecule has 1 fully saturated rings. The highest BCUT2D eigenvalue weighted by molar-refractivity contribution is 5.83. The average molecular weight is 281 g/mol. The molecule has 1 heterocycles. The van der Waals surface area contributed by atoms with E-state index in [2.05, 4.69) is 15.5 Å². The zero-order valence-corrected chi connectivity index (χ0v) is 11.5. The van der Waals surface area contributed by atoms with E-state index in [0.717, 1.165) is 18.7 Å². The summed E-state index contributed by atoms with van der Waals surface area (Å²) in [5.41, 5.74) is 0. The van der Waals surface area contributed by atoms with Crippen LogP contribution < -0.4 is 5.32 Å². The molecule has 1 saturated carbocycles. The Kier molecular flexibility index (Phi) is 4.70. The van der Waals surface area contributed by atoms with Gasteiger partial charge in [0.1, 0.15) is 6.04 Å². The molecule has 1 unspecified atom stereocenters. The van der Waals surface area contributed by atoms with Gasteiger partial charge in [0.25, 0.3) is 0 Å². The first-order valence-electron chi connectivity index (χ1n) is 6.94. The van der Waals surface area contributed by atoms with Crippen molar-refractivity contribution in [3.8, 4) is 0 Å². The van der Waals surface area contributed by atoms with Gasteiger partial charge in [-0.2, -0.15) is 4.98 Å². The largest absolute Gasteiger partial charge is 0.480 e. The van der Waals surface area contributed by atoms with Gasteiger partial charge >= 0.3 is 5.97 Å². The van der Waals surface area contributed by atoms with Crippen LogP contribution in [0.3, 0.4) is 0 Å². The van der Waals surface area contributed by atoms with E-state index in [-0.39, 0.29) is 12.3 Å². The van der Waals surface area contributed by atoms with Crippen LogP contribution in [0.5, 0.6) is 0 Å². The highest BCUT2D eigenvalue weighted by Crippen LogP contribution is 2.38. The predicted molar refractivity (Wildman–Crippen MR) is 69.1 cm³/mol. The molecule has 0 spiro atoms. The van der Waals surface area contributed by atoms with Gasteiger partial charge in [-0.25, -0.2) is 4.79 Å². The van der Waals surface area contributed by atoms with Crippen molar-refractivity contribution in [2.75, 3.05) is 0 Å². The molecule has 1 amide bonds. The number of amides is 1. The summed E-state index contributed by atoms with van der Waals surface area (Å²) in [5, 5.41) is 15.2. The molecular formula is C13H19N3O4. The number of nitrogens with zero attached hydrogens (tertiary/aromatic N) is 2. The van der Waals surface area contributed by atoms with Gasteiger partial charge in [-0.15, -0.1) is 0 Å². The standard InChI is InChI=1S/C13H19N3O4/c1-2-9(13(18)19)14-10(17)4-3-5-11-15-12(16-20-11)8-6-7-8/h8-9H,2-7H2,1H3,(H,14,17)(H,18,19). The summed E-state index contributed by atoms with van der Waals surface area (Å²) in [4.78, 5) is 26.6. The van der Waals surface area contributed by atoms with E-state index in [1.165, 1.54) is 0 Å². The van der Waals surface area contributed by atoms with E-state index in [4.69, 9.17) is 9.63 Å². The summed E-state index contributed by atoms with van der Waals surface area (Å²) in [6.07, 6.45) is 3.97. The Morgan fingerprint density at radius 2 is 2.25 bits per heavy atom. The Morgan fingerprint density at radius 3 is 2.85 bits per heavy atom. The molecule has 110 valence electrons. The summed E-state index contributed by atoms with van der Waals surface area (Å²) < 4.78 is 5.10. The molecule has 0 radical (unpaired) electrons. The number of carbonyl (C=O) groups excluding carboxylic acids is 1. The van der Waals surface area contributed by atoms with Gasteiger partial charge in [0, 0.05) is 18.8 Å². The van der Waals surface area contributed by atoms with Crippen molar-refractivity contribution in [3.63, 3.8) is 0 Å². The van der Waals surface area contributed by atoms with Crippen molar-refractivity contribution in [2.45, 2.75) is 57.4 Å². The van der Waals surface area contributed by atoms with Crippen LogP contribution in [0.1, 0.15) is 56.7 Å². The Hall–Kier alpha value is -1.92. The minimum absolute atomic E-state index is 0.255. The number of nitrogens with one attached hydrogen (secondary N) is 1. The Morgan fingerprint density at radius 1 is 1.50 bits per heavy atom. The Labute approximate surface area is 116 Å². The second-order valence-corrected chi connectivity index (χ2v) is 5.04. The van der Waals surface area contributed by atoms with E-state index in [1.54, 1.807) is 6.92 Å². The molecule has 1 aromatic heterocycles. The van der Waals surface area contributed by atoms with E-state index in [0.29, 0.717) is 31.1 Å². The number of carbonyl (C=O) groups is 2. The minimum Gasteiger partial charge on any atom is -0.480 e. The van der Waals surface area contributed by atoms with E-state index < -0.39 is 12.0 Å². The van der Waals surface area contributed by atoms with Gasteiger partial charge in [0.05, 0.1) is 0 Å². The van der Waals surface area contributed by atoms with Gasteiger partial charge in [-0.1, -0.05) is 12.1 Å². The molecule has 7 nitrogen and oxygen atoms in total. The van der Waals surface area contributed by atoms with Crippen LogP contribution in [0, 0.1) is 0 Å². The lowest BCUT2D eigenvalue weighted by Crippen LogP contribution is -2.40. The highest BCUT2D eigenvalue weighted by atomic mass is 16.5.